The third-order valence-corrected chi connectivity index (χ3v) is 3.57. The summed E-state index contributed by atoms with van der Waals surface area (Å²) >= 11 is 0. The van der Waals surface area contributed by atoms with Crippen molar-refractivity contribution in [2.24, 2.45) is 0 Å². The number of halogens is 2. The number of hydrogen-bond acceptors (Lipinski definition) is 4. The van der Waals surface area contributed by atoms with Crippen LogP contribution >= 0.6 is 0 Å². The first-order valence-electron chi connectivity index (χ1n) is 7.64. The summed E-state index contributed by atoms with van der Waals surface area (Å²) in [5.74, 6) is -0.396. The highest BCUT2D eigenvalue weighted by atomic mass is 19.1. The van der Waals surface area contributed by atoms with Gasteiger partial charge in [0.25, 0.3) is 0 Å². The van der Waals surface area contributed by atoms with Gasteiger partial charge in [0.15, 0.2) is 0 Å². The third kappa shape index (κ3) is 4.26. The van der Waals surface area contributed by atoms with Gasteiger partial charge >= 0.3 is 0 Å². The van der Waals surface area contributed by atoms with Crippen LogP contribution in [0.2, 0.25) is 0 Å². The molecule has 0 aliphatic carbocycles. The fourth-order valence-corrected chi connectivity index (χ4v) is 2.27. The average Bonchev–Trinajstić information content (AvgIpc) is 3.08. The van der Waals surface area contributed by atoms with Crippen molar-refractivity contribution in [2.45, 2.75) is 19.4 Å². The molecule has 0 aliphatic heterocycles. The molecule has 1 N–H and O–H groups in total. The first kappa shape index (κ1) is 16.8. The minimum absolute atomic E-state index is 0.115. The summed E-state index contributed by atoms with van der Waals surface area (Å²) in [5.41, 5.74) is 1.31. The van der Waals surface area contributed by atoms with E-state index in [0.29, 0.717) is 17.0 Å². The Balaban J connectivity index is 1.63. The van der Waals surface area contributed by atoms with Crippen LogP contribution in [0, 0.1) is 11.6 Å². The van der Waals surface area contributed by atoms with E-state index in [2.05, 4.69) is 15.5 Å². The van der Waals surface area contributed by atoms with Gasteiger partial charge in [0, 0.05) is 5.56 Å². The molecule has 0 saturated carbocycles. The quantitative estimate of drug-likeness (QED) is 0.771. The van der Waals surface area contributed by atoms with Gasteiger partial charge in [0.05, 0.1) is 6.42 Å². The Morgan fingerprint density at radius 1 is 1.08 bits per heavy atom. The smallest absolute Gasteiger partial charge is 0.249 e. The molecule has 2 aromatic carbocycles. The number of carbonyl (C=O) groups is 1. The lowest BCUT2D eigenvalue weighted by Gasteiger charge is -2.09. The van der Waals surface area contributed by atoms with Gasteiger partial charge < -0.3 is 9.84 Å². The molecule has 0 fully saturated rings. The largest absolute Gasteiger partial charge is 0.344 e. The van der Waals surface area contributed by atoms with E-state index in [0.717, 1.165) is 0 Å². The molecular weight excluding hydrogens is 328 g/mol. The SMILES string of the molecule is CC(NC(=O)Cc1ccc(F)cc1)c1nc(-c2ccc(F)cc2)no1. The van der Waals surface area contributed by atoms with Crippen LogP contribution in [-0.4, -0.2) is 16.0 Å². The second kappa shape index (κ2) is 7.21. The molecule has 0 bridgehead atoms. The van der Waals surface area contributed by atoms with Crippen LogP contribution in [0.5, 0.6) is 0 Å². The summed E-state index contributed by atoms with van der Waals surface area (Å²) in [6, 6.07) is 10.9. The molecule has 1 aromatic heterocycles. The van der Waals surface area contributed by atoms with Crippen LogP contribution in [0.15, 0.2) is 53.1 Å². The Kier molecular flexibility index (Phi) is 4.83. The molecule has 5 nitrogen and oxygen atoms in total. The molecule has 0 spiro atoms. The normalized spacial score (nSPS) is 12.0. The summed E-state index contributed by atoms with van der Waals surface area (Å²) in [7, 11) is 0. The Morgan fingerprint density at radius 3 is 2.32 bits per heavy atom. The van der Waals surface area contributed by atoms with Crippen molar-refractivity contribution >= 4 is 5.91 Å². The predicted octanol–water partition coefficient (Wildman–Crippen LogP) is 3.43. The lowest BCUT2D eigenvalue weighted by Crippen LogP contribution is -2.28. The van der Waals surface area contributed by atoms with Crippen LogP contribution in [0.3, 0.4) is 0 Å². The number of benzene rings is 2. The van der Waals surface area contributed by atoms with E-state index < -0.39 is 6.04 Å². The van der Waals surface area contributed by atoms with Crippen molar-refractivity contribution in [3.05, 3.63) is 71.6 Å². The molecule has 25 heavy (non-hydrogen) atoms. The maximum absolute atomic E-state index is 12.9. The molecule has 0 saturated heterocycles. The van der Waals surface area contributed by atoms with Crippen molar-refractivity contribution < 1.29 is 18.1 Å². The maximum atomic E-state index is 12.9. The Labute approximate surface area is 142 Å². The van der Waals surface area contributed by atoms with Crippen molar-refractivity contribution in [2.75, 3.05) is 0 Å². The standard InChI is InChI=1S/C18H15F2N3O2/c1-11(21-16(24)10-12-2-6-14(19)7-3-12)18-22-17(23-25-18)13-4-8-15(20)9-5-13/h2-9,11H,10H2,1H3,(H,21,24). The van der Waals surface area contributed by atoms with E-state index in [1.165, 1.54) is 24.3 Å². The predicted molar refractivity (Wildman–Crippen MR) is 86.4 cm³/mol. The van der Waals surface area contributed by atoms with Gasteiger partial charge in [-0.1, -0.05) is 17.3 Å². The molecule has 0 aliphatic rings. The minimum Gasteiger partial charge on any atom is -0.344 e. The molecule has 0 radical (unpaired) electrons. The summed E-state index contributed by atoms with van der Waals surface area (Å²) in [4.78, 5) is 16.3. The van der Waals surface area contributed by atoms with Crippen LogP contribution < -0.4 is 5.32 Å². The Hall–Kier alpha value is -3.09. The number of nitrogens with one attached hydrogen (secondary N) is 1. The van der Waals surface area contributed by atoms with Crippen molar-refractivity contribution in [1.82, 2.24) is 15.5 Å². The molecular formula is C18H15F2N3O2. The maximum Gasteiger partial charge on any atom is 0.249 e. The summed E-state index contributed by atoms with van der Waals surface area (Å²) in [6.45, 7) is 1.71. The van der Waals surface area contributed by atoms with Crippen LogP contribution in [0.25, 0.3) is 11.4 Å². The molecule has 1 unspecified atom stereocenters. The first-order valence-corrected chi connectivity index (χ1v) is 7.64. The Morgan fingerprint density at radius 2 is 1.68 bits per heavy atom. The van der Waals surface area contributed by atoms with E-state index in [-0.39, 0.29) is 29.9 Å². The van der Waals surface area contributed by atoms with Crippen LogP contribution in [-0.2, 0) is 11.2 Å². The van der Waals surface area contributed by atoms with E-state index >= 15 is 0 Å². The van der Waals surface area contributed by atoms with E-state index in [9.17, 15) is 13.6 Å². The second-order valence-corrected chi connectivity index (χ2v) is 5.56. The third-order valence-electron chi connectivity index (χ3n) is 3.57. The van der Waals surface area contributed by atoms with Gasteiger partial charge in [-0.15, -0.1) is 0 Å². The fraction of sp³-hybridized carbons (Fsp3) is 0.167. The molecule has 1 amide bonds. The van der Waals surface area contributed by atoms with E-state index in [1.807, 2.05) is 0 Å². The molecule has 7 heteroatoms. The number of hydrogen-bond donors (Lipinski definition) is 1. The molecule has 3 aromatic rings. The van der Waals surface area contributed by atoms with Gasteiger partial charge in [-0.2, -0.15) is 4.98 Å². The zero-order valence-electron chi connectivity index (χ0n) is 13.4. The van der Waals surface area contributed by atoms with Gasteiger partial charge in [-0.05, 0) is 48.9 Å². The Bertz CT molecular complexity index is 861. The highest BCUT2D eigenvalue weighted by molar-refractivity contribution is 5.78. The second-order valence-electron chi connectivity index (χ2n) is 5.56. The minimum atomic E-state index is -0.491. The fourth-order valence-electron chi connectivity index (χ4n) is 2.27. The van der Waals surface area contributed by atoms with Gasteiger partial charge in [-0.3, -0.25) is 4.79 Å². The van der Waals surface area contributed by atoms with Gasteiger partial charge in [0.1, 0.15) is 17.7 Å². The number of aromatic nitrogens is 2. The van der Waals surface area contributed by atoms with Crippen molar-refractivity contribution in [3.63, 3.8) is 0 Å². The number of nitrogens with zero attached hydrogens (tertiary/aromatic N) is 2. The number of carbonyl (C=O) groups excluding carboxylic acids is 1. The van der Waals surface area contributed by atoms with E-state index in [1.54, 1.807) is 31.2 Å². The molecule has 1 atom stereocenters. The van der Waals surface area contributed by atoms with Gasteiger partial charge in [-0.25, -0.2) is 8.78 Å². The zero-order valence-corrected chi connectivity index (χ0v) is 13.4. The first-order chi connectivity index (χ1) is 12.0. The summed E-state index contributed by atoms with van der Waals surface area (Å²) < 4.78 is 31.0. The molecule has 128 valence electrons. The highest BCUT2D eigenvalue weighted by Gasteiger charge is 2.17. The summed E-state index contributed by atoms with van der Waals surface area (Å²) in [6.07, 6.45) is 0.115. The lowest BCUT2D eigenvalue weighted by atomic mass is 10.1. The number of amides is 1. The molecule has 1 heterocycles. The highest BCUT2D eigenvalue weighted by Crippen LogP contribution is 2.19. The molecule has 3 rings (SSSR count). The van der Waals surface area contributed by atoms with Crippen molar-refractivity contribution in [3.8, 4) is 11.4 Å². The average molecular weight is 343 g/mol. The van der Waals surface area contributed by atoms with Crippen LogP contribution in [0.1, 0.15) is 24.4 Å². The lowest BCUT2D eigenvalue weighted by molar-refractivity contribution is -0.121. The zero-order chi connectivity index (χ0) is 17.8. The number of rotatable bonds is 5. The topological polar surface area (TPSA) is 68.0 Å². The van der Waals surface area contributed by atoms with Crippen molar-refractivity contribution in [1.29, 1.82) is 0 Å². The van der Waals surface area contributed by atoms with E-state index in [4.69, 9.17) is 4.52 Å². The monoisotopic (exact) mass is 343 g/mol. The summed E-state index contributed by atoms with van der Waals surface area (Å²) in [5, 5.41) is 6.58. The van der Waals surface area contributed by atoms with Crippen LogP contribution in [0.4, 0.5) is 8.78 Å². The van der Waals surface area contributed by atoms with Gasteiger partial charge in [0.2, 0.25) is 17.6 Å².